The zero-order chi connectivity index (χ0) is 34.5. The van der Waals surface area contributed by atoms with Crippen LogP contribution in [-0.4, -0.2) is 47.1 Å². The highest BCUT2D eigenvalue weighted by Crippen LogP contribution is 2.19. The number of nitrogens with zero attached hydrogens (tertiary/aromatic N) is 2. The number of hydrogen-bond donors (Lipinski definition) is 4. The maximum Gasteiger partial charge on any atom is 0.325 e. The molecule has 0 atom stereocenters. The second-order valence-corrected chi connectivity index (χ2v) is 11.6. The molecule has 2 heterocycles. The smallest absolute Gasteiger partial charge is 0.325 e. The predicted molar refractivity (Wildman–Crippen MR) is 182 cm³/mol. The van der Waals surface area contributed by atoms with E-state index in [9.17, 15) is 19.2 Å². The number of hydrogen-bond acceptors (Lipinski definition) is 8. The first kappa shape index (κ1) is 35.1. The average Bonchev–Trinajstić information content (AvgIpc) is 3.08. The van der Waals surface area contributed by atoms with Crippen molar-refractivity contribution in [3.05, 3.63) is 107 Å². The maximum absolute atomic E-state index is 12.3. The first-order chi connectivity index (χ1) is 23.0. The van der Waals surface area contributed by atoms with Crippen molar-refractivity contribution in [3.8, 4) is 11.4 Å². The van der Waals surface area contributed by atoms with Crippen LogP contribution in [0.1, 0.15) is 61.8 Å². The molecule has 4 N–H and O–H groups in total. The maximum atomic E-state index is 12.3. The van der Waals surface area contributed by atoms with E-state index in [4.69, 9.17) is 9.47 Å². The van der Waals surface area contributed by atoms with Crippen LogP contribution in [0.5, 0.6) is 0 Å². The Kier molecular flexibility index (Phi) is 12.6. The van der Waals surface area contributed by atoms with Crippen molar-refractivity contribution in [2.45, 2.75) is 52.7 Å². The molecule has 0 aliphatic carbocycles. The number of pyridine rings is 2. The number of ether oxygens (including phenoxy) is 2. The van der Waals surface area contributed by atoms with Crippen molar-refractivity contribution in [1.29, 1.82) is 0 Å². The van der Waals surface area contributed by atoms with Crippen molar-refractivity contribution in [2.75, 3.05) is 23.7 Å². The Morgan fingerprint density at radius 2 is 0.958 bits per heavy atom. The molecule has 0 spiro atoms. The number of carbonyl (C=O) groups excluding carboxylic acids is 4. The van der Waals surface area contributed by atoms with E-state index in [1.807, 2.05) is 24.3 Å². The molecule has 0 bridgehead atoms. The summed E-state index contributed by atoms with van der Waals surface area (Å²) in [6, 6.07) is 20.8. The first-order valence-electron chi connectivity index (χ1n) is 15.6. The molecule has 0 saturated carbocycles. The molecule has 4 aromatic rings. The van der Waals surface area contributed by atoms with Crippen LogP contribution in [0.25, 0.3) is 11.4 Å². The van der Waals surface area contributed by atoms with Crippen LogP contribution < -0.4 is 21.3 Å². The summed E-state index contributed by atoms with van der Waals surface area (Å²) >= 11 is 0. The number of carbonyl (C=O) groups is 4. The Hall–Kier alpha value is -5.78. The molecule has 0 fully saturated rings. The molecule has 0 radical (unpaired) electrons. The van der Waals surface area contributed by atoms with Crippen molar-refractivity contribution in [2.24, 2.45) is 0 Å². The first-order valence-corrected chi connectivity index (χ1v) is 15.6. The minimum atomic E-state index is -0.604. The zero-order valence-corrected chi connectivity index (χ0v) is 27.4. The van der Waals surface area contributed by atoms with Gasteiger partial charge < -0.3 is 30.7 Å². The van der Waals surface area contributed by atoms with Crippen molar-refractivity contribution < 1.29 is 28.7 Å². The van der Waals surface area contributed by atoms with E-state index in [0.717, 1.165) is 11.1 Å². The third-order valence-corrected chi connectivity index (χ3v) is 7.17. The fourth-order valence-corrected chi connectivity index (χ4v) is 4.40. The van der Waals surface area contributed by atoms with Crippen LogP contribution in [0.15, 0.2) is 85.2 Å². The van der Waals surface area contributed by atoms with Crippen LogP contribution >= 0.6 is 0 Å². The van der Waals surface area contributed by atoms with Gasteiger partial charge in [-0.1, -0.05) is 52.0 Å². The quantitative estimate of drug-likeness (QED) is 0.126. The molecule has 0 unspecified atom stereocenters. The molecule has 0 saturated heterocycles. The zero-order valence-electron chi connectivity index (χ0n) is 27.4. The van der Waals surface area contributed by atoms with Gasteiger partial charge in [0.05, 0.1) is 11.4 Å². The molecule has 12 nitrogen and oxygen atoms in total. The molecule has 4 rings (SSSR count). The number of rotatable bonds is 13. The highest BCUT2D eigenvalue weighted by molar-refractivity contribution is 5.92. The topological polar surface area (TPSA) is 161 Å². The molecular weight excluding hydrogens is 612 g/mol. The van der Waals surface area contributed by atoms with Crippen LogP contribution in [0.3, 0.4) is 0 Å². The molecule has 12 heteroatoms. The lowest BCUT2D eigenvalue weighted by Gasteiger charge is -2.10. The summed E-state index contributed by atoms with van der Waals surface area (Å²) < 4.78 is 10.6. The number of amides is 4. The minimum absolute atomic E-state index is 0.0323. The Labute approximate surface area is 279 Å². The van der Waals surface area contributed by atoms with Gasteiger partial charge in [-0.25, -0.2) is 9.59 Å². The van der Waals surface area contributed by atoms with Gasteiger partial charge in [-0.3, -0.25) is 19.6 Å². The minimum Gasteiger partial charge on any atom is -0.460 e. The Balaban J connectivity index is 1.19. The summed E-state index contributed by atoms with van der Waals surface area (Å²) in [4.78, 5) is 57.6. The number of benzene rings is 2. The lowest BCUT2D eigenvalue weighted by atomic mass is 10.0. The van der Waals surface area contributed by atoms with Crippen LogP contribution in [0, 0.1) is 0 Å². The van der Waals surface area contributed by atoms with E-state index in [0.29, 0.717) is 45.7 Å². The van der Waals surface area contributed by atoms with Crippen molar-refractivity contribution >= 4 is 35.4 Å². The highest BCUT2D eigenvalue weighted by atomic mass is 16.5. The molecule has 2 aromatic heterocycles. The fourth-order valence-electron chi connectivity index (χ4n) is 4.40. The molecule has 2 aromatic carbocycles. The second kappa shape index (κ2) is 17.2. The number of aromatic nitrogens is 2. The molecule has 0 aliphatic rings. The Bertz CT molecular complexity index is 1580. The lowest BCUT2D eigenvalue weighted by molar-refractivity contribution is -0.144. The molecule has 48 heavy (non-hydrogen) atoms. The van der Waals surface area contributed by atoms with Gasteiger partial charge >= 0.3 is 24.0 Å². The second-order valence-electron chi connectivity index (χ2n) is 11.6. The number of anilines is 2. The predicted octanol–water partition coefficient (Wildman–Crippen LogP) is 6.12. The van der Waals surface area contributed by atoms with Gasteiger partial charge in [-0.15, -0.1) is 0 Å². The van der Waals surface area contributed by atoms with Gasteiger partial charge in [-0.2, -0.15) is 0 Å². The van der Waals surface area contributed by atoms with Crippen LogP contribution in [-0.2, 0) is 32.3 Å². The van der Waals surface area contributed by atoms with Crippen molar-refractivity contribution in [1.82, 2.24) is 20.6 Å². The normalized spacial score (nSPS) is 10.7. The van der Waals surface area contributed by atoms with Crippen molar-refractivity contribution in [3.63, 3.8) is 0 Å². The Morgan fingerprint density at radius 1 is 0.583 bits per heavy atom. The standard InChI is InChI=1S/C36H40N6O6/c1-23(2)27-5-9-29(10-6-27)41-35(45)39-19-33(43)47-21-25-13-15-37-31(17-25)32-18-26(14-16-38-32)22-48-34(44)20-40-36(46)42-30-11-7-28(8-12-30)24(3)4/h5-18,23-24H,19-22H2,1-4H3,(H2,39,41,45)(H2,40,42,46). The van der Waals surface area contributed by atoms with Crippen LogP contribution in [0.4, 0.5) is 21.0 Å². The summed E-state index contributed by atoms with van der Waals surface area (Å²) in [5, 5.41) is 10.3. The van der Waals surface area contributed by atoms with Gasteiger partial charge in [0, 0.05) is 23.8 Å². The van der Waals surface area contributed by atoms with Crippen LogP contribution in [0.2, 0.25) is 0 Å². The molecule has 0 aliphatic heterocycles. The van der Waals surface area contributed by atoms with E-state index in [2.05, 4.69) is 58.9 Å². The van der Waals surface area contributed by atoms with E-state index >= 15 is 0 Å². The van der Waals surface area contributed by atoms with Gasteiger partial charge in [0.2, 0.25) is 0 Å². The van der Waals surface area contributed by atoms with Gasteiger partial charge in [-0.05, 0) is 82.6 Å². The van der Waals surface area contributed by atoms with E-state index in [-0.39, 0.29) is 26.3 Å². The summed E-state index contributed by atoms with van der Waals surface area (Å²) in [5.74, 6) is -0.443. The summed E-state index contributed by atoms with van der Waals surface area (Å²) in [7, 11) is 0. The van der Waals surface area contributed by atoms with E-state index in [1.165, 1.54) is 0 Å². The molecule has 250 valence electrons. The Morgan fingerprint density at radius 3 is 1.31 bits per heavy atom. The van der Waals surface area contributed by atoms with Gasteiger partial charge in [0.25, 0.3) is 0 Å². The number of esters is 2. The van der Waals surface area contributed by atoms with E-state index < -0.39 is 24.0 Å². The monoisotopic (exact) mass is 652 g/mol. The summed E-state index contributed by atoms with van der Waals surface area (Å²) in [6.07, 6.45) is 3.14. The van der Waals surface area contributed by atoms with E-state index in [1.54, 1.807) is 60.9 Å². The largest absolute Gasteiger partial charge is 0.460 e. The SMILES string of the molecule is CC(C)c1ccc(NC(=O)NCC(=O)OCc2ccnc(-c3cc(COC(=O)CNC(=O)Nc4ccc(C(C)C)cc4)ccn3)c2)cc1. The number of urea groups is 2. The molecular formula is C36H40N6O6. The summed E-state index contributed by atoms with van der Waals surface area (Å²) in [6.45, 7) is 7.68. The lowest BCUT2D eigenvalue weighted by Crippen LogP contribution is -2.34. The number of nitrogens with one attached hydrogen (secondary N) is 4. The van der Waals surface area contributed by atoms with Gasteiger partial charge in [0.15, 0.2) is 0 Å². The third kappa shape index (κ3) is 11.2. The highest BCUT2D eigenvalue weighted by Gasteiger charge is 2.11. The fraction of sp³-hybridized carbons (Fsp3) is 0.278. The summed E-state index contributed by atoms with van der Waals surface area (Å²) in [5.41, 5.74) is 5.94. The third-order valence-electron chi connectivity index (χ3n) is 7.17. The molecule has 4 amide bonds. The average molecular weight is 653 g/mol. The van der Waals surface area contributed by atoms with Gasteiger partial charge in [0.1, 0.15) is 26.3 Å².